The van der Waals surface area contributed by atoms with E-state index in [4.69, 9.17) is 4.74 Å². The van der Waals surface area contributed by atoms with E-state index in [-0.39, 0.29) is 17.8 Å². The number of carbonyl (C=O) groups excluding carboxylic acids is 2. The number of hydrogen-bond acceptors (Lipinski definition) is 5. The molecule has 1 N–H and O–H groups in total. The van der Waals surface area contributed by atoms with Gasteiger partial charge in [-0.25, -0.2) is 4.79 Å². The lowest BCUT2D eigenvalue weighted by atomic mass is 9.69. The Hall–Kier alpha value is -2.43. The molecule has 0 radical (unpaired) electrons. The Labute approximate surface area is 154 Å². The molecule has 1 aliphatic carbocycles. The van der Waals surface area contributed by atoms with Crippen LogP contribution in [-0.2, 0) is 14.3 Å². The lowest BCUT2D eigenvalue weighted by molar-refractivity contribution is -0.138. The summed E-state index contributed by atoms with van der Waals surface area (Å²) in [6.45, 7) is 10.1. The second-order valence-corrected chi connectivity index (χ2v) is 7.86. The number of aromatic nitrogens is 1. The van der Waals surface area contributed by atoms with Crippen LogP contribution in [0, 0.1) is 12.3 Å². The van der Waals surface area contributed by atoms with E-state index in [1.165, 1.54) is 0 Å². The Kier molecular flexibility index (Phi) is 4.74. The number of dihydropyridines is 1. The van der Waals surface area contributed by atoms with Crippen LogP contribution in [0.1, 0.15) is 57.7 Å². The number of ether oxygens (including phenoxy) is 1. The van der Waals surface area contributed by atoms with Gasteiger partial charge in [0.15, 0.2) is 5.78 Å². The fourth-order valence-electron chi connectivity index (χ4n) is 3.99. The molecule has 0 bridgehead atoms. The van der Waals surface area contributed by atoms with Gasteiger partial charge < -0.3 is 10.1 Å². The molecule has 1 aromatic heterocycles. The van der Waals surface area contributed by atoms with Crippen molar-refractivity contribution in [3.05, 3.63) is 52.1 Å². The molecule has 2 heterocycles. The Balaban J connectivity index is 2.21. The van der Waals surface area contributed by atoms with Gasteiger partial charge in [0.05, 0.1) is 23.8 Å². The number of hydrogen-bond donors (Lipinski definition) is 1. The number of carbonyl (C=O) groups is 2. The van der Waals surface area contributed by atoms with Crippen LogP contribution in [0.25, 0.3) is 0 Å². The summed E-state index contributed by atoms with van der Waals surface area (Å²) >= 11 is 0. The van der Waals surface area contributed by atoms with Crippen molar-refractivity contribution >= 4 is 11.8 Å². The number of nitrogens with zero attached hydrogens (tertiary/aromatic N) is 1. The molecule has 3 rings (SSSR count). The molecule has 0 saturated carbocycles. The Morgan fingerprint density at radius 3 is 2.73 bits per heavy atom. The van der Waals surface area contributed by atoms with Crippen molar-refractivity contribution in [3.63, 3.8) is 0 Å². The van der Waals surface area contributed by atoms with E-state index in [2.05, 4.69) is 24.1 Å². The SMILES string of the molecule is CCOC(=O)C1=C(C)NC2=C(C(=O)CC(C)(C)C2)[C@H]1c1ncccc1C. The van der Waals surface area contributed by atoms with E-state index in [0.717, 1.165) is 29.1 Å². The van der Waals surface area contributed by atoms with Crippen LogP contribution in [0.15, 0.2) is 40.9 Å². The highest BCUT2D eigenvalue weighted by molar-refractivity contribution is 6.04. The fourth-order valence-corrected chi connectivity index (χ4v) is 3.99. The molecule has 26 heavy (non-hydrogen) atoms. The second-order valence-electron chi connectivity index (χ2n) is 7.86. The Bertz CT molecular complexity index is 833. The quantitative estimate of drug-likeness (QED) is 0.841. The summed E-state index contributed by atoms with van der Waals surface area (Å²) in [5, 5.41) is 3.32. The highest BCUT2D eigenvalue weighted by Gasteiger charge is 2.43. The molecule has 1 aliphatic heterocycles. The molecule has 2 aliphatic rings. The molecule has 0 amide bonds. The first-order valence-corrected chi connectivity index (χ1v) is 9.08. The fraction of sp³-hybridized carbons (Fsp3) is 0.476. The summed E-state index contributed by atoms with van der Waals surface area (Å²) in [7, 11) is 0. The summed E-state index contributed by atoms with van der Waals surface area (Å²) in [4.78, 5) is 30.3. The summed E-state index contributed by atoms with van der Waals surface area (Å²) in [5.41, 5.74) is 4.40. The Morgan fingerprint density at radius 2 is 2.08 bits per heavy atom. The summed E-state index contributed by atoms with van der Waals surface area (Å²) in [6, 6.07) is 3.82. The third-order valence-electron chi connectivity index (χ3n) is 5.06. The smallest absolute Gasteiger partial charge is 0.336 e. The van der Waals surface area contributed by atoms with Crippen LogP contribution in [0.5, 0.6) is 0 Å². The number of nitrogens with one attached hydrogen (secondary N) is 1. The highest BCUT2D eigenvalue weighted by atomic mass is 16.5. The number of ketones is 1. The number of esters is 1. The average Bonchev–Trinajstić information content (AvgIpc) is 2.53. The first-order valence-electron chi connectivity index (χ1n) is 9.08. The van der Waals surface area contributed by atoms with Gasteiger partial charge in [-0.3, -0.25) is 9.78 Å². The van der Waals surface area contributed by atoms with E-state index in [1.807, 2.05) is 26.0 Å². The maximum atomic E-state index is 13.1. The van der Waals surface area contributed by atoms with Crippen molar-refractivity contribution in [1.29, 1.82) is 0 Å². The van der Waals surface area contributed by atoms with Crippen molar-refractivity contribution in [3.8, 4) is 0 Å². The first-order chi connectivity index (χ1) is 12.2. The van der Waals surface area contributed by atoms with Gasteiger partial charge in [0, 0.05) is 29.6 Å². The molecule has 138 valence electrons. The minimum atomic E-state index is -0.477. The molecule has 0 fully saturated rings. The number of pyridine rings is 1. The first kappa shape index (κ1) is 18.4. The van der Waals surface area contributed by atoms with Crippen LogP contribution in [0.3, 0.4) is 0 Å². The van der Waals surface area contributed by atoms with E-state index in [0.29, 0.717) is 17.6 Å². The van der Waals surface area contributed by atoms with Crippen LogP contribution < -0.4 is 5.32 Å². The van der Waals surface area contributed by atoms with Crippen molar-refractivity contribution in [2.45, 2.75) is 53.4 Å². The summed E-state index contributed by atoms with van der Waals surface area (Å²) in [6.07, 6.45) is 2.94. The van der Waals surface area contributed by atoms with Crippen molar-refractivity contribution in [2.75, 3.05) is 6.61 Å². The predicted molar refractivity (Wildman–Crippen MR) is 99.2 cm³/mol. The molecule has 1 aromatic rings. The zero-order valence-corrected chi connectivity index (χ0v) is 16.1. The molecule has 1 atom stereocenters. The summed E-state index contributed by atoms with van der Waals surface area (Å²) in [5.74, 6) is -0.792. The topological polar surface area (TPSA) is 68.3 Å². The lowest BCUT2D eigenvalue weighted by Gasteiger charge is -2.39. The van der Waals surface area contributed by atoms with Gasteiger partial charge in [-0.1, -0.05) is 19.9 Å². The monoisotopic (exact) mass is 354 g/mol. The van der Waals surface area contributed by atoms with E-state index >= 15 is 0 Å². The van der Waals surface area contributed by atoms with E-state index in [9.17, 15) is 9.59 Å². The lowest BCUT2D eigenvalue weighted by Crippen LogP contribution is -2.39. The van der Waals surface area contributed by atoms with Crippen LogP contribution >= 0.6 is 0 Å². The van der Waals surface area contributed by atoms with Gasteiger partial charge in [0.2, 0.25) is 0 Å². The van der Waals surface area contributed by atoms with Gasteiger partial charge in [0.25, 0.3) is 0 Å². The van der Waals surface area contributed by atoms with Crippen molar-refractivity contribution in [1.82, 2.24) is 10.3 Å². The highest BCUT2D eigenvalue weighted by Crippen LogP contribution is 2.46. The van der Waals surface area contributed by atoms with Gasteiger partial charge in [-0.2, -0.15) is 0 Å². The zero-order valence-electron chi connectivity index (χ0n) is 16.1. The Morgan fingerprint density at radius 1 is 1.35 bits per heavy atom. The number of allylic oxidation sites excluding steroid dienone is 3. The minimum absolute atomic E-state index is 0.0769. The second kappa shape index (κ2) is 6.71. The maximum Gasteiger partial charge on any atom is 0.336 e. The van der Waals surface area contributed by atoms with Gasteiger partial charge in [-0.15, -0.1) is 0 Å². The van der Waals surface area contributed by atoms with Crippen LogP contribution in [0.4, 0.5) is 0 Å². The molecule has 0 aromatic carbocycles. The largest absolute Gasteiger partial charge is 0.463 e. The average molecular weight is 354 g/mol. The van der Waals surface area contributed by atoms with Gasteiger partial charge >= 0.3 is 5.97 Å². The molecule has 0 saturated heterocycles. The van der Waals surface area contributed by atoms with E-state index in [1.54, 1.807) is 13.1 Å². The van der Waals surface area contributed by atoms with Crippen molar-refractivity contribution < 1.29 is 14.3 Å². The molecule has 0 unspecified atom stereocenters. The van der Waals surface area contributed by atoms with Gasteiger partial charge in [0.1, 0.15) is 0 Å². The standard InChI is InChI=1S/C21H26N2O3/c1-6-26-20(25)16-13(3)23-14-10-21(4,5)11-15(24)17(14)18(16)19-12(2)8-7-9-22-19/h7-9,18,23H,6,10-11H2,1-5H3/t18-/m0/s1. The van der Waals surface area contributed by atoms with Crippen LogP contribution in [-0.4, -0.2) is 23.3 Å². The predicted octanol–water partition coefficient (Wildman–Crippen LogP) is 3.56. The molecule has 0 spiro atoms. The number of Topliss-reactive ketones (excluding diaryl/α,β-unsaturated/α-hetero) is 1. The third kappa shape index (κ3) is 3.18. The van der Waals surface area contributed by atoms with Crippen LogP contribution in [0.2, 0.25) is 0 Å². The maximum absolute atomic E-state index is 13.1. The van der Waals surface area contributed by atoms with Gasteiger partial charge in [-0.05, 0) is 44.2 Å². The minimum Gasteiger partial charge on any atom is -0.463 e. The molecular weight excluding hydrogens is 328 g/mol. The number of aryl methyl sites for hydroxylation is 1. The zero-order chi connectivity index (χ0) is 19.1. The van der Waals surface area contributed by atoms with Crippen molar-refractivity contribution in [2.24, 2.45) is 5.41 Å². The summed E-state index contributed by atoms with van der Waals surface area (Å²) < 4.78 is 5.30. The normalized spacial score (nSPS) is 22.0. The third-order valence-corrected chi connectivity index (χ3v) is 5.06. The molecular formula is C21H26N2O3. The number of rotatable bonds is 3. The molecule has 5 nitrogen and oxygen atoms in total. The molecule has 5 heteroatoms. The van der Waals surface area contributed by atoms with E-state index < -0.39 is 11.9 Å².